The third-order valence-electron chi connectivity index (χ3n) is 2.96. The molecule has 0 aliphatic heterocycles. The number of rotatable bonds is 13. The highest BCUT2D eigenvalue weighted by molar-refractivity contribution is 5.79. The summed E-state index contributed by atoms with van der Waals surface area (Å²) in [6.07, 6.45) is 11.6. The van der Waals surface area contributed by atoms with E-state index in [0.717, 1.165) is 19.4 Å². The van der Waals surface area contributed by atoms with Crippen LogP contribution in [0, 0.1) is 0 Å². The van der Waals surface area contributed by atoms with E-state index in [1.807, 2.05) is 0 Å². The van der Waals surface area contributed by atoms with Gasteiger partial charge in [0.25, 0.3) is 0 Å². The van der Waals surface area contributed by atoms with Crippen molar-refractivity contribution in [1.82, 2.24) is 0 Å². The average molecular weight is 242 g/mol. The first-order valence-electron chi connectivity index (χ1n) is 7.40. The molecule has 0 aromatic rings. The van der Waals surface area contributed by atoms with Crippen LogP contribution in [0.15, 0.2) is 0 Å². The lowest BCUT2D eigenvalue weighted by atomic mass is 10.1. The van der Waals surface area contributed by atoms with Gasteiger partial charge in [-0.25, -0.2) is 0 Å². The number of Topliss-reactive ketones (excluding diaryl/α,β-unsaturated/α-hetero) is 1. The first-order valence-corrected chi connectivity index (χ1v) is 7.40. The topological polar surface area (TPSA) is 26.3 Å². The van der Waals surface area contributed by atoms with E-state index in [0.29, 0.717) is 13.0 Å². The summed E-state index contributed by atoms with van der Waals surface area (Å²) in [4.78, 5) is 11.4. The smallest absolute Gasteiger partial charge is 0.158 e. The molecule has 2 nitrogen and oxygen atoms in total. The number of ketones is 1. The van der Waals surface area contributed by atoms with E-state index in [2.05, 4.69) is 13.8 Å². The maximum atomic E-state index is 11.4. The van der Waals surface area contributed by atoms with Crippen LogP contribution in [0.1, 0.15) is 78.1 Å². The van der Waals surface area contributed by atoms with Gasteiger partial charge in [0.05, 0.1) is 0 Å². The minimum atomic E-state index is 0.273. The highest BCUT2D eigenvalue weighted by atomic mass is 16.5. The summed E-state index contributed by atoms with van der Waals surface area (Å²) in [5.74, 6) is 0.273. The molecule has 0 atom stereocenters. The Balaban J connectivity index is 3.11. The Kier molecular flexibility index (Phi) is 13.4. The zero-order valence-electron chi connectivity index (χ0n) is 11.8. The zero-order valence-corrected chi connectivity index (χ0v) is 11.8. The van der Waals surface area contributed by atoms with Crippen molar-refractivity contribution in [2.45, 2.75) is 78.1 Å². The summed E-state index contributed by atoms with van der Waals surface area (Å²) in [5.41, 5.74) is 0. The molecule has 0 unspecified atom stereocenters. The molecule has 0 aliphatic carbocycles. The fourth-order valence-corrected chi connectivity index (χ4v) is 1.81. The van der Waals surface area contributed by atoms with E-state index < -0.39 is 0 Å². The van der Waals surface area contributed by atoms with Crippen LogP contribution < -0.4 is 0 Å². The van der Waals surface area contributed by atoms with E-state index in [1.165, 1.54) is 44.9 Å². The van der Waals surface area contributed by atoms with Gasteiger partial charge in [0.2, 0.25) is 0 Å². The molecule has 102 valence electrons. The standard InChI is InChI=1S/C15H30O2/c1-3-5-7-9-11-13-17-14-15(16)12-10-8-6-4-2/h3-14H2,1-2H3. The number of carbonyl (C=O) groups excluding carboxylic acids is 1. The summed E-state index contributed by atoms with van der Waals surface area (Å²) < 4.78 is 5.38. The van der Waals surface area contributed by atoms with Crippen LogP contribution in [0.4, 0.5) is 0 Å². The Morgan fingerprint density at radius 2 is 1.41 bits per heavy atom. The van der Waals surface area contributed by atoms with Crippen molar-refractivity contribution >= 4 is 5.78 Å². The van der Waals surface area contributed by atoms with E-state index in [1.54, 1.807) is 0 Å². The molecule has 0 spiro atoms. The number of hydrogen-bond donors (Lipinski definition) is 0. The molecule has 0 rings (SSSR count). The second-order valence-electron chi connectivity index (χ2n) is 4.82. The minimum Gasteiger partial charge on any atom is -0.374 e. The summed E-state index contributed by atoms with van der Waals surface area (Å²) in [6, 6.07) is 0. The third kappa shape index (κ3) is 13.6. The van der Waals surface area contributed by atoms with E-state index >= 15 is 0 Å². The molecule has 17 heavy (non-hydrogen) atoms. The van der Waals surface area contributed by atoms with E-state index in [-0.39, 0.29) is 5.78 Å². The van der Waals surface area contributed by atoms with Crippen molar-refractivity contribution in [3.8, 4) is 0 Å². The Labute approximate surface area is 107 Å². The van der Waals surface area contributed by atoms with Crippen LogP contribution in [0.25, 0.3) is 0 Å². The summed E-state index contributed by atoms with van der Waals surface area (Å²) in [6.45, 7) is 5.49. The lowest BCUT2D eigenvalue weighted by molar-refractivity contribution is -0.123. The molecule has 0 amide bonds. The molecule has 0 aliphatic rings. The largest absolute Gasteiger partial charge is 0.374 e. The fraction of sp³-hybridized carbons (Fsp3) is 0.933. The highest BCUT2D eigenvalue weighted by Gasteiger charge is 2.01. The molecule has 0 radical (unpaired) electrons. The average Bonchev–Trinajstić information content (AvgIpc) is 2.33. The van der Waals surface area contributed by atoms with E-state index in [9.17, 15) is 4.79 Å². The first-order chi connectivity index (χ1) is 8.31. The van der Waals surface area contributed by atoms with Crippen LogP contribution in [0.5, 0.6) is 0 Å². The Morgan fingerprint density at radius 1 is 0.824 bits per heavy atom. The molecule has 0 saturated carbocycles. The van der Waals surface area contributed by atoms with Crippen LogP contribution in [-0.2, 0) is 9.53 Å². The van der Waals surface area contributed by atoms with Gasteiger partial charge >= 0.3 is 0 Å². The van der Waals surface area contributed by atoms with Crippen LogP contribution in [0.3, 0.4) is 0 Å². The predicted octanol–water partition coefficient (Wildman–Crippen LogP) is 4.51. The number of hydrogen-bond acceptors (Lipinski definition) is 2. The number of unbranched alkanes of at least 4 members (excludes halogenated alkanes) is 7. The third-order valence-corrected chi connectivity index (χ3v) is 2.96. The van der Waals surface area contributed by atoms with Crippen molar-refractivity contribution < 1.29 is 9.53 Å². The summed E-state index contributed by atoms with van der Waals surface area (Å²) in [5, 5.41) is 0. The monoisotopic (exact) mass is 242 g/mol. The normalized spacial score (nSPS) is 10.7. The molecular weight excluding hydrogens is 212 g/mol. The van der Waals surface area contributed by atoms with Gasteiger partial charge < -0.3 is 4.74 Å². The van der Waals surface area contributed by atoms with Gasteiger partial charge in [-0.2, -0.15) is 0 Å². The Morgan fingerprint density at radius 3 is 2.06 bits per heavy atom. The molecule has 0 fully saturated rings. The van der Waals surface area contributed by atoms with Crippen molar-refractivity contribution in [1.29, 1.82) is 0 Å². The molecule has 2 heteroatoms. The number of ether oxygens (including phenoxy) is 1. The van der Waals surface area contributed by atoms with Gasteiger partial charge in [-0.05, 0) is 12.8 Å². The van der Waals surface area contributed by atoms with Gasteiger partial charge in [-0.1, -0.05) is 58.8 Å². The lowest BCUT2D eigenvalue weighted by Crippen LogP contribution is -2.09. The van der Waals surface area contributed by atoms with Crippen molar-refractivity contribution in [3.05, 3.63) is 0 Å². The molecule has 0 aromatic heterocycles. The lowest BCUT2D eigenvalue weighted by Gasteiger charge is -2.03. The maximum Gasteiger partial charge on any atom is 0.158 e. The maximum absolute atomic E-state index is 11.4. The second-order valence-corrected chi connectivity index (χ2v) is 4.82. The van der Waals surface area contributed by atoms with Crippen LogP contribution in [-0.4, -0.2) is 19.0 Å². The van der Waals surface area contributed by atoms with Gasteiger partial charge in [0.15, 0.2) is 5.78 Å². The molecule has 0 N–H and O–H groups in total. The van der Waals surface area contributed by atoms with Gasteiger partial charge in [-0.15, -0.1) is 0 Å². The van der Waals surface area contributed by atoms with Gasteiger partial charge in [-0.3, -0.25) is 4.79 Å². The zero-order chi connectivity index (χ0) is 12.8. The summed E-state index contributed by atoms with van der Waals surface area (Å²) in [7, 11) is 0. The number of carbonyl (C=O) groups is 1. The molecule has 0 saturated heterocycles. The molecule has 0 aromatic carbocycles. The first kappa shape index (κ1) is 16.6. The minimum absolute atomic E-state index is 0.273. The fourth-order valence-electron chi connectivity index (χ4n) is 1.81. The van der Waals surface area contributed by atoms with Crippen LogP contribution in [0.2, 0.25) is 0 Å². The van der Waals surface area contributed by atoms with Crippen molar-refractivity contribution in [2.24, 2.45) is 0 Å². The van der Waals surface area contributed by atoms with Crippen LogP contribution >= 0.6 is 0 Å². The molecule has 0 heterocycles. The highest BCUT2D eigenvalue weighted by Crippen LogP contribution is 2.04. The van der Waals surface area contributed by atoms with Crippen molar-refractivity contribution in [2.75, 3.05) is 13.2 Å². The van der Waals surface area contributed by atoms with Crippen molar-refractivity contribution in [3.63, 3.8) is 0 Å². The van der Waals surface area contributed by atoms with Gasteiger partial charge in [0.1, 0.15) is 6.61 Å². The molecule has 0 bridgehead atoms. The van der Waals surface area contributed by atoms with E-state index in [4.69, 9.17) is 4.74 Å². The predicted molar refractivity (Wildman–Crippen MR) is 73.3 cm³/mol. The summed E-state index contributed by atoms with van der Waals surface area (Å²) >= 11 is 0. The second kappa shape index (κ2) is 13.7. The Bertz CT molecular complexity index is 166. The van der Waals surface area contributed by atoms with Gasteiger partial charge in [0, 0.05) is 13.0 Å². The quantitative estimate of drug-likeness (QED) is 0.444. The Hall–Kier alpha value is -0.370. The SMILES string of the molecule is CCCCCCCOCC(=O)CCCCCC. The molecular formula is C15H30O2.